The first-order chi connectivity index (χ1) is 20.8. The molecule has 238 valence electrons. The highest BCUT2D eigenvalue weighted by molar-refractivity contribution is 7.72. The Balaban J connectivity index is 1.48. The molecule has 15 nitrogen and oxygen atoms in total. The first-order valence-corrected chi connectivity index (χ1v) is 17.5. The van der Waals surface area contributed by atoms with Crippen molar-refractivity contribution in [3.05, 3.63) is 52.3 Å². The minimum atomic E-state index is -5.87. The second-order valence-corrected chi connectivity index (χ2v) is 15.8. The summed E-state index contributed by atoms with van der Waals surface area (Å²) in [5, 5.41) is 0.0995. The standard InChI is InChI=1S/C27H35N5O10P2/c1-16-10-19-23(25(41-2)22(16)31-11-17-4-3-7-29-21(17)13-31)32(18-5-6-18)12-20(24(19)33)26(34)42-27(43(35,36)37,44(38,39)40)14-30-9-8-28-15-30/h8-10,12,15,17-18,21,29H,3-7,11,13-14H2,1-2H3,(H2,35,36,37)(H2,38,39,40)/t17?,21-/m0/s1. The molecule has 3 aliphatic rings. The Morgan fingerprint density at radius 1 is 1.16 bits per heavy atom. The molecule has 1 saturated carbocycles. The van der Waals surface area contributed by atoms with Gasteiger partial charge in [0.2, 0.25) is 5.43 Å². The van der Waals surface area contributed by atoms with Crippen LogP contribution in [-0.4, -0.2) is 77.5 Å². The van der Waals surface area contributed by atoms with Gasteiger partial charge in [-0.3, -0.25) is 13.9 Å². The van der Waals surface area contributed by atoms with E-state index in [2.05, 4.69) is 15.2 Å². The zero-order chi connectivity index (χ0) is 31.6. The lowest BCUT2D eigenvalue weighted by atomic mass is 9.94. The Morgan fingerprint density at radius 2 is 1.89 bits per heavy atom. The van der Waals surface area contributed by atoms with Crippen molar-refractivity contribution in [1.82, 2.24) is 19.4 Å². The summed E-state index contributed by atoms with van der Waals surface area (Å²) in [4.78, 5) is 74.2. The molecule has 0 bridgehead atoms. The highest BCUT2D eigenvalue weighted by Crippen LogP contribution is 2.70. The van der Waals surface area contributed by atoms with E-state index < -0.39 is 43.8 Å². The normalized spacial score (nSPS) is 21.0. The lowest BCUT2D eigenvalue weighted by molar-refractivity contribution is 0.0191. The van der Waals surface area contributed by atoms with E-state index in [0.717, 1.165) is 67.5 Å². The molecule has 0 spiro atoms. The number of pyridine rings is 1. The Bertz CT molecular complexity index is 1720. The average molecular weight is 652 g/mol. The van der Waals surface area contributed by atoms with Crippen molar-refractivity contribution in [2.45, 2.75) is 56.3 Å². The van der Waals surface area contributed by atoms with Crippen molar-refractivity contribution in [2.75, 3.05) is 31.6 Å². The molecule has 3 fully saturated rings. The molecule has 44 heavy (non-hydrogen) atoms. The molecule has 0 radical (unpaired) electrons. The molecule has 1 aromatic carbocycles. The number of fused-ring (bicyclic) bond motifs is 2. The van der Waals surface area contributed by atoms with E-state index in [-0.39, 0.29) is 11.4 Å². The Hall–Kier alpha value is -3.03. The maximum atomic E-state index is 13.9. The SMILES string of the molecule is COc1c(N2CC3CCCN[C@H]3C2)c(C)cc2c(=O)c(C(=O)OC(Cn3ccnc3)(P(=O)(O)O)P(=O)(O)O)cn(C3CC3)c12. The van der Waals surface area contributed by atoms with Crippen LogP contribution in [0.15, 0.2) is 35.8 Å². The van der Waals surface area contributed by atoms with Crippen molar-refractivity contribution >= 4 is 37.8 Å². The van der Waals surface area contributed by atoms with Crippen LogP contribution >= 0.6 is 15.2 Å². The summed E-state index contributed by atoms with van der Waals surface area (Å²) in [5.41, 5.74) is 0.613. The lowest BCUT2D eigenvalue weighted by Gasteiger charge is -2.34. The highest BCUT2D eigenvalue weighted by atomic mass is 31.2. The number of aromatic nitrogens is 3. The van der Waals surface area contributed by atoms with Gasteiger partial charge in [-0.2, -0.15) is 0 Å². The molecule has 17 heteroatoms. The second-order valence-electron chi connectivity index (χ2n) is 11.8. The predicted octanol–water partition coefficient (Wildman–Crippen LogP) is 1.90. The van der Waals surface area contributed by atoms with Crippen molar-refractivity contribution in [1.29, 1.82) is 0 Å². The van der Waals surface area contributed by atoms with Gasteiger partial charge < -0.3 is 48.4 Å². The summed E-state index contributed by atoms with van der Waals surface area (Å²) >= 11 is 0. The number of esters is 1. The number of hydrogen-bond acceptors (Lipinski definition) is 9. The van der Waals surface area contributed by atoms with Gasteiger partial charge in [-0.05, 0) is 56.7 Å². The van der Waals surface area contributed by atoms with Crippen molar-refractivity contribution in [3.63, 3.8) is 0 Å². The van der Waals surface area contributed by atoms with Crippen LogP contribution in [0, 0.1) is 12.8 Å². The number of rotatable bonds is 9. The molecule has 2 aromatic heterocycles. The number of anilines is 1. The lowest BCUT2D eigenvalue weighted by Crippen LogP contribution is -2.40. The fraction of sp³-hybridized carbons (Fsp3) is 0.519. The molecule has 4 heterocycles. The largest absolute Gasteiger partial charge is 0.492 e. The van der Waals surface area contributed by atoms with E-state index in [4.69, 9.17) is 9.47 Å². The van der Waals surface area contributed by atoms with Gasteiger partial charge >= 0.3 is 26.2 Å². The molecular formula is C27H35N5O10P2. The first kappa shape index (κ1) is 31.0. The van der Waals surface area contributed by atoms with E-state index in [1.807, 2.05) is 6.92 Å². The van der Waals surface area contributed by atoms with Gasteiger partial charge in [0.25, 0.3) is 0 Å². The number of hydrogen-bond donors (Lipinski definition) is 5. The van der Waals surface area contributed by atoms with E-state index in [0.29, 0.717) is 23.2 Å². The van der Waals surface area contributed by atoms with E-state index in [1.54, 1.807) is 10.6 Å². The first-order valence-electron chi connectivity index (χ1n) is 14.3. The third-order valence-corrected chi connectivity index (χ3v) is 12.7. The number of methoxy groups -OCH3 is 1. The van der Waals surface area contributed by atoms with E-state index in [9.17, 15) is 38.3 Å². The topological polar surface area (TPSA) is 206 Å². The maximum Gasteiger partial charge on any atom is 0.383 e. The van der Waals surface area contributed by atoms with Crippen molar-refractivity contribution < 1.29 is 43.0 Å². The van der Waals surface area contributed by atoms with Crippen molar-refractivity contribution in [3.8, 4) is 5.75 Å². The third-order valence-electron chi connectivity index (χ3n) is 8.83. The summed E-state index contributed by atoms with van der Waals surface area (Å²) in [6.45, 7) is 3.30. The van der Waals surface area contributed by atoms with Gasteiger partial charge in [0.05, 0.1) is 36.6 Å². The van der Waals surface area contributed by atoms with Gasteiger partial charge in [0.1, 0.15) is 5.56 Å². The monoisotopic (exact) mass is 651 g/mol. The van der Waals surface area contributed by atoms with Gasteiger partial charge in [-0.15, -0.1) is 0 Å². The molecule has 0 amide bonds. The maximum absolute atomic E-state index is 13.9. The fourth-order valence-corrected chi connectivity index (χ4v) is 8.99. The number of carbonyl (C=O) groups excluding carboxylic acids is 1. The third kappa shape index (κ3) is 5.20. The van der Waals surface area contributed by atoms with Crippen molar-refractivity contribution in [2.24, 2.45) is 5.92 Å². The molecular weight excluding hydrogens is 616 g/mol. The smallest absolute Gasteiger partial charge is 0.383 e. The Morgan fingerprint density at radius 3 is 2.48 bits per heavy atom. The van der Waals surface area contributed by atoms with Gasteiger partial charge in [0, 0.05) is 43.8 Å². The van der Waals surface area contributed by atoms with Gasteiger partial charge in [-0.25, -0.2) is 9.78 Å². The van der Waals surface area contributed by atoms with E-state index in [1.165, 1.54) is 25.7 Å². The number of imidazole rings is 1. The molecule has 2 aliphatic heterocycles. The minimum absolute atomic E-state index is 0.101. The Kier molecular flexibility index (Phi) is 7.81. The number of aryl methyl sites for hydroxylation is 1. The number of benzene rings is 1. The molecule has 3 aromatic rings. The summed E-state index contributed by atoms with van der Waals surface area (Å²) in [5.74, 6) is -0.618. The van der Waals surface area contributed by atoms with Crippen LogP contribution in [0.4, 0.5) is 5.69 Å². The zero-order valence-corrected chi connectivity index (χ0v) is 26.0. The van der Waals surface area contributed by atoms with Crippen LogP contribution in [0.1, 0.15) is 47.6 Å². The molecule has 1 unspecified atom stereocenters. The summed E-state index contributed by atoms with van der Waals surface area (Å²) in [7, 11) is -10.2. The zero-order valence-electron chi connectivity index (χ0n) is 24.2. The molecule has 5 N–H and O–H groups in total. The predicted molar refractivity (Wildman–Crippen MR) is 159 cm³/mol. The van der Waals surface area contributed by atoms with Crippen LogP contribution in [0.3, 0.4) is 0 Å². The number of carbonyl (C=O) groups is 1. The van der Waals surface area contributed by atoms with Gasteiger partial charge in [0.15, 0.2) is 5.75 Å². The number of nitrogens with zero attached hydrogens (tertiary/aromatic N) is 4. The number of piperidine rings is 1. The van der Waals surface area contributed by atoms with Crippen LogP contribution < -0.4 is 20.4 Å². The minimum Gasteiger partial charge on any atom is -0.492 e. The quantitative estimate of drug-likeness (QED) is 0.166. The van der Waals surface area contributed by atoms with Crippen LogP contribution in [0.2, 0.25) is 0 Å². The molecule has 2 atom stereocenters. The summed E-state index contributed by atoms with van der Waals surface area (Å²) < 4.78 is 39.0. The average Bonchev–Trinajstić information content (AvgIpc) is 3.49. The molecule has 2 saturated heterocycles. The molecule has 1 aliphatic carbocycles. The highest BCUT2D eigenvalue weighted by Gasteiger charge is 2.64. The van der Waals surface area contributed by atoms with Crippen LogP contribution in [-0.2, 0) is 20.4 Å². The Labute approximate surface area is 252 Å². The summed E-state index contributed by atoms with van der Waals surface area (Å²) in [6, 6.07) is 1.90. The van der Waals surface area contributed by atoms with Crippen LogP contribution in [0.5, 0.6) is 5.75 Å². The number of nitrogens with one attached hydrogen (secondary N) is 1. The summed E-state index contributed by atoms with van der Waals surface area (Å²) in [6.07, 6.45) is 8.42. The number of ether oxygens (including phenoxy) is 2. The van der Waals surface area contributed by atoms with Crippen LogP contribution in [0.25, 0.3) is 10.9 Å². The van der Waals surface area contributed by atoms with E-state index >= 15 is 0 Å². The molecule has 6 rings (SSSR count). The second kappa shape index (κ2) is 11.1. The van der Waals surface area contributed by atoms with Gasteiger partial charge in [-0.1, -0.05) is 0 Å². The fourth-order valence-electron chi connectivity index (χ4n) is 6.53.